The first-order chi connectivity index (χ1) is 17.3. The molecule has 7 heteroatoms. The highest BCUT2D eigenvalue weighted by molar-refractivity contribution is 7.80. The predicted octanol–water partition coefficient (Wildman–Crippen LogP) is 5.98. The molecule has 6 nitrogen and oxygen atoms in total. The molecule has 1 fully saturated rings. The minimum atomic E-state index is -0.940. The predicted molar refractivity (Wildman–Crippen MR) is 146 cm³/mol. The van der Waals surface area contributed by atoms with Gasteiger partial charge in [0.1, 0.15) is 0 Å². The van der Waals surface area contributed by atoms with Crippen molar-refractivity contribution in [1.29, 1.82) is 0 Å². The molecule has 182 valence electrons. The van der Waals surface area contributed by atoms with Crippen molar-refractivity contribution < 1.29 is 9.90 Å². The van der Waals surface area contributed by atoms with E-state index in [4.69, 9.17) is 12.2 Å². The number of aromatic nitrogens is 2. The number of hydrogen-bond acceptors (Lipinski definition) is 3. The third kappa shape index (κ3) is 4.05. The van der Waals surface area contributed by atoms with Gasteiger partial charge in [0.15, 0.2) is 5.11 Å². The van der Waals surface area contributed by atoms with Crippen LogP contribution in [-0.2, 0) is 0 Å². The van der Waals surface area contributed by atoms with Gasteiger partial charge in [-0.1, -0.05) is 29.8 Å². The van der Waals surface area contributed by atoms with Crippen LogP contribution in [0.5, 0.6) is 0 Å². The quantitative estimate of drug-likeness (QED) is 0.331. The number of thiocarbonyl (C=S) groups is 1. The van der Waals surface area contributed by atoms with Crippen LogP contribution in [0.1, 0.15) is 56.2 Å². The number of benzene rings is 2. The van der Waals surface area contributed by atoms with Gasteiger partial charge in [-0.05, 0) is 93.5 Å². The molecule has 0 amide bonds. The monoisotopic (exact) mass is 496 g/mol. The number of carboxylic acid groups (broad SMARTS) is 1. The molecule has 1 aliphatic heterocycles. The molecule has 36 heavy (non-hydrogen) atoms. The summed E-state index contributed by atoms with van der Waals surface area (Å²) < 4.78 is 2.14. The van der Waals surface area contributed by atoms with Crippen molar-refractivity contribution in [2.75, 3.05) is 4.90 Å². The first-order valence-electron chi connectivity index (χ1n) is 11.9. The lowest BCUT2D eigenvalue weighted by atomic mass is 9.96. The molecule has 1 aliphatic rings. The Bertz CT molecular complexity index is 1460. The van der Waals surface area contributed by atoms with Crippen molar-refractivity contribution in [2.24, 2.45) is 0 Å². The highest BCUT2D eigenvalue weighted by Crippen LogP contribution is 2.44. The van der Waals surface area contributed by atoms with Crippen LogP contribution >= 0.6 is 12.2 Å². The normalized spacial score (nSPS) is 17.3. The fourth-order valence-corrected chi connectivity index (χ4v) is 5.44. The lowest BCUT2D eigenvalue weighted by molar-refractivity contribution is 0.0697. The number of aryl methyl sites for hydroxylation is 3. The van der Waals surface area contributed by atoms with Crippen LogP contribution in [-0.4, -0.2) is 25.7 Å². The molecule has 0 aliphatic carbocycles. The summed E-state index contributed by atoms with van der Waals surface area (Å²) in [6.07, 6.45) is 1.80. The van der Waals surface area contributed by atoms with E-state index >= 15 is 0 Å². The maximum atomic E-state index is 11.7. The summed E-state index contributed by atoms with van der Waals surface area (Å²) in [5.41, 5.74) is 8.40. The zero-order chi connectivity index (χ0) is 25.6. The largest absolute Gasteiger partial charge is 0.478 e. The van der Waals surface area contributed by atoms with Gasteiger partial charge < -0.3 is 19.9 Å². The number of nitrogens with one attached hydrogen (secondary N) is 1. The second-order valence-corrected chi connectivity index (χ2v) is 9.69. The van der Waals surface area contributed by atoms with Gasteiger partial charge in [-0.2, -0.15) is 0 Å². The standard InChI is InChI=1S/C29H28N4O2S/c1-17-8-12-22(13-9-17)33-27(26(31-29(33)36)24-7-5-6-14-30-24)23-15-19(3)32(20(23)4)25-16-21(28(34)35)11-10-18(25)2/h5-16,26-27H,1-4H3,(H,31,36)(H,34,35)/t26-,27-/m1/s1. The van der Waals surface area contributed by atoms with Gasteiger partial charge in [-0.25, -0.2) is 4.79 Å². The fourth-order valence-electron chi connectivity index (χ4n) is 5.10. The SMILES string of the molecule is Cc1ccc(N2C(=S)N[C@H](c3ccccn3)[C@H]2c2cc(C)n(-c3cc(C(=O)O)ccc3C)c2C)cc1. The highest BCUT2D eigenvalue weighted by Gasteiger charge is 2.42. The van der Waals surface area contributed by atoms with Crippen LogP contribution in [0.25, 0.3) is 5.69 Å². The lowest BCUT2D eigenvalue weighted by Crippen LogP contribution is -2.29. The highest BCUT2D eigenvalue weighted by atomic mass is 32.1. The summed E-state index contributed by atoms with van der Waals surface area (Å²) in [5, 5.41) is 13.8. The van der Waals surface area contributed by atoms with E-state index in [0.717, 1.165) is 39.6 Å². The van der Waals surface area contributed by atoms with E-state index in [9.17, 15) is 9.90 Å². The van der Waals surface area contributed by atoms with Crippen molar-refractivity contribution in [3.63, 3.8) is 0 Å². The molecule has 0 saturated carbocycles. The summed E-state index contributed by atoms with van der Waals surface area (Å²) in [6.45, 7) is 8.20. The number of pyridine rings is 1. The van der Waals surface area contributed by atoms with Crippen molar-refractivity contribution >= 4 is 29.0 Å². The molecule has 1 saturated heterocycles. The number of hydrogen-bond donors (Lipinski definition) is 2. The van der Waals surface area contributed by atoms with Gasteiger partial charge in [-0.3, -0.25) is 4.98 Å². The van der Waals surface area contributed by atoms with Crippen molar-refractivity contribution in [3.8, 4) is 5.69 Å². The maximum absolute atomic E-state index is 11.7. The average Bonchev–Trinajstić information content (AvgIpc) is 3.35. The molecular formula is C29H28N4O2S. The number of carbonyl (C=O) groups is 1. The molecular weight excluding hydrogens is 468 g/mol. The zero-order valence-electron chi connectivity index (χ0n) is 20.7. The Kier molecular flexibility index (Phi) is 6.10. The lowest BCUT2D eigenvalue weighted by Gasteiger charge is -2.28. The molecule has 5 rings (SSSR count). The van der Waals surface area contributed by atoms with E-state index < -0.39 is 5.97 Å². The maximum Gasteiger partial charge on any atom is 0.335 e. The molecule has 4 aromatic rings. The van der Waals surface area contributed by atoms with E-state index in [-0.39, 0.29) is 17.6 Å². The molecule has 0 spiro atoms. The third-order valence-electron chi connectivity index (χ3n) is 6.90. The van der Waals surface area contributed by atoms with E-state index in [1.165, 1.54) is 5.56 Å². The molecule has 0 radical (unpaired) electrons. The van der Waals surface area contributed by atoms with Crippen LogP contribution in [0.4, 0.5) is 5.69 Å². The van der Waals surface area contributed by atoms with Gasteiger partial charge in [0, 0.05) is 29.0 Å². The second-order valence-electron chi connectivity index (χ2n) is 9.30. The Hall–Kier alpha value is -3.97. The number of rotatable bonds is 5. The van der Waals surface area contributed by atoms with Crippen molar-refractivity contribution in [1.82, 2.24) is 14.9 Å². The van der Waals surface area contributed by atoms with Gasteiger partial charge in [0.2, 0.25) is 0 Å². The first kappa shape index (κ1) is 23.8. The van der Waals surface area contributed by atoms with Gasteiger partial charge in [0.25, 0.3) is 0 Å². The Morgan fingerprint density at radius 2 is 1.75 bits per heavy atom. The minimum absolute atomic E-state index is 0.141. The Morgan fingerprint density at radius 1 is 1.00 bits per heavy atom. The molecule has 2 atom stereocenters. The van der Waals surface area contributed by atoms with Crippen LogP contribution in [0, 0.1) is 27.7 Å². The molecule has 3 heterocycles. The van der Waals surface area contributed by atoms with Crippen LogP contribution in [0.2, 0.25) is 0 Å². The summed E-state index contributed by atoms with van der Waals surface area (Å²) in [6, 6.07) is 21.4. The molecule has 0 bridgehead atoms. The van der Waals surface area contributed by atoms with E-state index in [1.807, 2.05) is 31.2 Å². The Balaban J connectivity index is 1.69. The molecule has 2 aromatic heterocycles. The molecule has 0 unspecified atom stereocenters. The fraction of sp³-hybridized carbons (Fsp3) is 0.207. The van der Waals surface area contributed by atoms with Crippen LogP contribution < -0.4 is 10.2 Å². The number of nitrogens with zero attached hydrogens (tertiary/aromatic N) is 3. The van der Waals surface area contributed by atoms with E-state index in [1.54, 1.807) is 18.3 Å². The second kappa shape index (κ2) is 9.24. The van der Waals surface area contributed by atoms with Gasteiger partial charge in [-0.15, -0.1) is 0 Å². The van der Waals surface area contributed by atoms with Crippen LogP contribution in [0.3, 0.4) is 0 Å². The van der Waals surface area contributed by atoms with E-state index in [2.05, 4.69) is 70.9 Å². The van der Waals surface area contributed by atoms with Gasteiger partial charge in [0.05, 0.1) is 23.3 Å². The number of carboxylic acids is 1. The summed E-state index contributed by atoms with van der Waals surface area (Å²) in [7, 11) is 0. The third-order valence-corrected chi connectivity index (χ3v) is 7.21. The summed E-state index contributed by atoms with van der Waals surface area (Å²) in [5.74, 6) is -0.940. The molecule has 2 aromatic carbocycles. The topological polar surface area (TPSA) is 70.4 Å². The zero-order valence-corrected chi connectivity index (χ0v) is 21.5. The van der Waals surface area contributed by atoms with Crippen molar-refractivity contribution in [2.45, 2.75) is 39.8 Å². The Morgan fingerprint density at radius 3 is 2.42 bits per heavy atom. The van der Waals surface area contributed by atoms with E-state index in [0.29, 0.717) is 5.11 Å². The van der Waals surface area contributed by atoms with Crippen LogP contribution in [0.15, 0.2) is 72.9 Å². The summed E-state index contributed by atoms with van der Waals surface area (Å²) >= 11 is 5.87. The summed E-state index contributed by atoms with van der Waals surface area (Å²) in [4.78, 5) is 18.5. The van der Waals surface area contributed by atoms with Crippen molar-refractivity contribution in [3.05, 3.63) is 112 Å². The number of anilines is 1. The minimum Gasteiger partial charge on any atom is -0.478 e. The average molecular weight is 497 g/mol. The Labute approximate surface area is 216 Å². The molecule has 2 N–H and O–H groups in total. The van der Waals surface area contributed by atoms with Gasteiger partial charge >= 0.3 is 5.97 Å². The first-order valence-corrected chi connectivity index (χ1v) is 12.3. The smallest absolute Gasteiger partial charge is 0.335 e. The number of aromatic carboxylic acids is 1.